The molecule has 0 unspecified atom stereocenters. The highest BCUT2D eigenvalue weighted by Gasteiger charge is 2.18. The quantitative estimate of drug-likeness (QED) is 0.774. The van der Waals surface area contributed by atoms with E-state index in [4.69, 9.17) is 0 Å². The molecule has 0 fully saturated rings. The summed E-state index contributed by atoms with van der Waals surface area (Å²) in [7, 11) is -2.11. The van der Waals surface area contributed by atoms with E-state index in [2.05, 4.69) is 9.82 Å². The van der Waals surface area contributed by atoms with E-state index in [1.807, 2.05) is 13.0 Å². The molecule has 3 aromatic rings. The highest BCUT2D eigenvalue weighted by Crippen LogP contribution is 2.28. The zero-order chi connectivity index (χ0) is 17.3. The maximum Gasteiger partial charge on any atom is 0.271 e. The summed E-state index contributed by atoms with van der Waals surface area (Å²) in [5, 5.41) is 5.84. The summed E-state index contributed by atoms with van der Waals surface area (Å²) in [5.41, 5.74) is 2.47. The van der Waals surface area contributed by atoms with Crippen LogP contribution in [-0.4, -0.2) is 18.2 Å². The first-order chi connectivity index (χ1) is 11.3. The van der Waals surface area contributed by atoms with Crippen molar-refractivity contribution in [2.24, 2.45) is 7.05 Å². The summed E-state index contributed by atoms with van der Waals surface area (Å²) < 4.78 is 29.0. The van der Waals surface area contributed by atoms with Gasteiger partial charge >= 0.3 is 0 Å². The van der Waals surface area contributed by atoms with Gasteiger partial charge in [0.25, 0.3) is 15.6 Å². The predicted octanol–water partition coefficient (Wildman–Crippen LogP) is 2.62. The number of hydrogen-bond donors (Lipinski definition) is 1. The lowest BCUT2D eigenvalue weighted by Gasteiger charge is -2.06. The third kappa shape index (κ3) is 3.39. The fourth-order valence-corrected chi connectivity index (χ4v) is 4.39. The van der Waals surface area contributed by atoms with Gasteiger partial charge in [-0.2, -0.15) is 5.10 Å². The zero-order valence-corrected chi connectivity index (χ0v) is 14.7. The molecule has 3 rings (SSSR count). The van der Waals surface area contributed by atoms with Crippen molar-refractivity contribution < 1.29 is 8.42 Å². The molecule has 0 saturated heterocycles. The minimum atomic E-state index is -3.66. The van der Waals surface area contributed by atoms with Crippen LogP contribution in [-0.2, 0) is 17.1 Å². The molecule has 1 aromatic carbocycles. The Hall–Kier alpha value is -2.45. The van der Waals surface area contributed by atoms with Crippen LogP contribution in [0.1, 0.15) is 5.56 Å². The van der Waals surface area contributed by atoms with Crippen molar-refractivity contribution in [1.29, 1.82) is 0 Å². The maximum atomic E-state index is 12.5. The number of anilines is 1. The van der Waals surface area contributed by atoms with Crippen molar-refractivity contribution in [2.75, 3.05) is 4.72 Å². The van der Waals surface area contributed by atoms with Crippen LogP contribution in [0.2, 0.25) is 0 Å². The molecule has 6 nitrogen and oxygen atoms in total. The number of sulfonamides is 1. The van der Waals surface area contributed by atoms with Crippen LogP contribution in [0.3, 0.4) is 0 Å². The van der Waals surface area contributed by atoms with Crippen molar-refractivity contribution in [2.45, 2.75) is 11.1 Å². The number of benzene rings is 1. The van der Waals surface area contributed by atoms with E-state index < -0.39 is 10.0 Å². The smallest absolute Gasteiger partial charge is 0.271 e. The van der Waals surface area contributed by atoms with Crippen LogP contribution in [0.5, 0.6) is 0 Å². The summed E-state index contributed by atoms with van der Waals surface area (Å²) in [5.74, 6) is 0. The molecule has 2 heterocycles. The number of rotatable bonds is 4. The van der Waals surface area contributed by atoms with E-state index in [9.17, 15) is 13.2 Å². The zero-order valence-electron chi connectivity index (χ0n) is 13.1. The molecule has 0 bridgehead atoms. The van der Waals surface area contributed by atoms with Crippen molar-refractivity contribution in [3.05, 3.63) is 63.8 Å². The Morgan fingerprint density at radius 3 is 2.67 bits per heavy atom. The van der Waals surface area contributed by atoms with Crippen LogP contribution in [0.15, 0.2) is 56.8 Å². The van der Waals surface area contributed by atoms with Crippen molar-refractivity contribution in [3.8, 4) is 11.3 Å². The average molecular weight is 361 g/mol. The molecular weight excluding hydrogens is 346 g/mol. The minimum absolute atomic E-state index is 0.189. The maximum absolute atomic E-state index is 12.5. The van der Waals surface area contributed by atoms with E-state index in [-0.39, 0.29) is 9.77 Å². The Balaban J connectivity index is 1.91. The second-order valence-corrected chi connectivity index (χ2v) is 8.13. The number of aryl methyl sites for hydroxylation is 2. The molecule has 0 aliphatic heterocycles. The number of nitrogens with one attached hydrogen (secondary N) is 1. The van der Waals surface area contributed by atoms with Crippen LogP contribution in [0.25, 0.3) is 11.3 Å². The first-order valence-electron chi connectivity index (χ1n) is 7.08. The first kappa shape index (κ1) is 16.4. The molecule has 0 atom stereocenters. The Kier molecular flexibility index (Phi) is 4.25. The van der Waals surface area contributed by atoms with Gasteiger partial charge in [-0.25, -0.2) is 13.1 Å². The summed E-state index contributed by atoms with van der Waals surface area (Å²) in [6.07, 6.45) is 0. The lowest BCUT2D eigenvalue weighted by Crippen LogP contribution is -2.18. The lowest BCUT2D eigenvalue weighted by molar-refractivity contribution is 0.603. The second-order valence-electron chi connectivity index (χ2n) is 5.31. The summed E-state index contributed by atoms with van der Waals surface area (Å²) in [6, 6.07) is 11.7. The molecular formula is C16H15N3O3S2. The van der Waals surface area contributed by atoms with Crippen molar-refractivity contribution in [1.82, 2.24) is 9.78 Å². The highest BCUT2D eigenvalue weighted by atomic mass is 32.2. The van der Waals surface area contributed by atoms with E-state index in [1.54, 1.807) is 42.8 Å². The standard InChI is InChI=1S/C16H15N3O3S2/c1-11-4-3-5-13(8-11)18-24(21,22)16-9-12(10-23-16)14-6-7-15(20)19(2)17-14/h3-10,18H,1-2H3. The largest absolute Gasteiger partial charge is 0.279 e. The molecule has 24 heavy (non-hydrogen) atoms. The Labute approximate surface area is 143 Å². The molecule has 1 N–H and O–H groups in total. The van der Waals surface area contributed by atoms with E-state index in [0.29, 0.717) is 16.9 Å². The molecule has 2 aromatic heterocycles. The molecule has 0 aliphatic rings. The molecule has 0 amide bonds. The molecule has 0 radical (unpaired) electrons. The van der Waals surface area contributed by atoms with E-state index >= 15 is 0 Å². The Morgan fingerprint density at radius 2 is 1.96 bits per heavy atom. The molecule has 8 heteroatoms. The van der Waals surface area contributed by atoms with Crippen LogP contribution in [0, 0.1) is 6.92 Å². The monoisotopic (exact) mass is 361 g/mol. The van der Waals surface area contributed by atoms with Crippen LogP contribution in [0.4, 0.5) is 5.69 Å². The van der Waals surface area contributed by atoms with Gasteiger partial charge in [0, 0.05) is 29.7 Å². The normalized spacial score (nSPS) is 11.4. The topological polar surface area (TPSA) is 81.1 Å². The average Bonchev–Trinajstić information content (AvgIpc) is 3.00. The molecule has 0 spiro atoms. The van der Waals surface area contributed by atoms with Crippen LogP contribution >= 0.6 is 11.3 Å². The predicted molar refractivity (Wildman–Crippen MR) is 94.8 cm³/mol. The third-order valence-corrected chi connectivity index (χ3v) is 6.19. The van der Waals surface area contributed by atoms with Crippen molar-refractivity contribution in [3.63, 3.8) is 0 Å². The van der Waals surface area contributed by atoms with Crippen LogP contribution < -0.4 is 10.3 Å². The number of aromatic nitrogens is 2. The van der Waals surface area contributed by atoms with Gasteiger partial charge in [0.2, 0.25) is 0 Å². The summed E-state index contributed by atoms with van der Waals surface area (Å²) >= 11 is 1.11. The SMILES string of the molecule is Cc1cccc(NS(=O)(=O)c2cc(-c3ccc(=O)n(C)n3)cs2)c1. The number of hydrogen-bond acceptors (Lipinski definition) is 5. The fourth-order valence-electron chi connectivity index (χ4n) is 2.16. The van der Waals surface area contributed by atoms with E-state index in [0.717, 1.165) is 16.9 Å². The van der Waals surface area contributed by atoms with Gasteiger partial charge in [-0.05, 0) is 36.8 Å². The van der Waals surface area contributed by atoms with Gasteiger partial charge in [0.1, 0.15) is 4.21 Å². The second kappa shape index (κ2) is 6.21. The molecule has 0 aliphatic carbocycles. The number of thiophene rings is 1. The summed E-state index contributed by atoms with van der Waals surface area (Å²) in [4.78, 5) is 11.4. The van der Waals surface area contributed by atoms with Gasteiger partial charge < -0.3 is 0 Å². The lowest BCUT2D eigenvalue weighted by atomic mass is 10.2. The summed E-state index contributed by atoms with van der Waals surface area (Å²) in [6.45, 7) is 1.90. The van der Waals surface area contributed by atoms with Gasteiger partial charge in [0.15, 0.2) is 0 Å². The van der Waals surface area contributed by atoms with Gasteiger partial charge in [0.05, 0.1) is 5.69 Å². The Morgan fingerprint density at radius 1 is 1.17 bits per heavy atom. The van der Waals surface area contributed by atoms with Crippen molar-refractivity contribution >= 4 is 27.0 Å². The minimum Gasteiger partial charge on any atom is -0.279 e. The third-order valence-electron chi connectivity index (χ3n) is 3.37. The van der Waals surface area contributed by atoms with Gasteiger partial charge in [-0.3, -0.25) is 9.52 Å². The molecule has 0 saturated carbocycles. The Bertz CT molecular complexity index is 1050. The van der Waals surface area contributed by atoms with E-state index in [1.165, 1.54) is 10.7 Å². The fraction of sp³-hybridized carbons (Fsp3) is 0.125. The molecule has 124 valence electrons. The number of nitrogens with zero attached hydrogens (tertiary/aromatic N) is 2. The first-order valence-corrected chi connectivity index (χ1v) is 9.44. The van der Waals surface area contributed by atoms with Gasteiger partial charge in [-0.1, -0.05) is 12.1 Å². The van der Waals surface area contributed by atoms with Gasteiger partial charge in [-0.15, -0.1) is 11.3 Å². The highest BCUT2D eigenvalue weighted by molar-refractivity contribution is 7.94.